The fourth-order valence-corrected chi connectivity index (χ4v) is 6.43. The summed E-state index contributed by atoms with van der Waals surface area (Å²) in [6, 6.07) is 6.02. The number of phenolic OH excluding ortho intramolecular Hbond substituents is 1. The third kappa shape index (κ3) is 3.02. The van der Waals surface area contributed by atoms with Crippen molar-refractivity contribution in [3.63, 3.8) is 0 Å². The first-order valence-corrected chi connectivity index (χ1v) is 10.9. The zero-order chi connectivity index (χ0) is 20.2. The Labute approximate surface area is 172 Å². The van der Waals surface area contributed by atoms with Gasteiger partial charge in [-0.25, -0.2) is 0 Å². The molecule has 5 nitrogen and oxygen atoms in total. The summed E-state index contributed by atoms with van der Waals surface area (Å²) >= 11 is 0. The van der Waals surface area contributed by atoms with Crippen LogP contribution in [0.4, 0.5) is 0 Å². The van der Waals surface area contributed by atoms with E-state index in [1.54, 1.807) is 0 Å². The van der Waals surface area contributed by atoms with Crippen LogP contribution in [-0.4, -0.2) is 26.8 Å². The average molecular weight is 391 g/mol. The highest BCUT2D eigenvalue weighted by atomic mass is 16.3. The number of phenols is 1. The molecule has 1 N–H and O–H groups in total. The zero-order valence-electron chi connectivity index (χ0n) is 17.6. The van der Waals surface area contributed by atoms with Gasteiger partial charge in [-0.3, -0.25) is 4.68 Å². The van der Waals surface area contributed by atoms with Gasteiger partial charge in [-0.15, -0.1) is 0 Å². The monoisotopic (exact) mass is 390 g/mol. The summed E-state index contributed by atoms with van der Waals surface area (Å²) in [4.78, 5) is 0. The smallest absolute Gasteiger partial charge is 0.115 e. The average Bonchev–Trinajstić information content (AvgIpc) is 3.19. The molecule has 0 amide bonds. The van der Waals surface area contributed by atoms with Gasteiger partial charge in [-0.05, 0) is 86.5 Å². The molecule has 1 heterocycles. The lowest BCUT2D eigenvalue weighted by Crippen LogP contribution is -2.42. The van der Waals surface area contributed by atoms with Gasteiger partial charge in [0, 0.05) is 29.9 Å². The highest BCUT2D eigenvalue weighted by Gasteiger charge is 2.53. The van der Waals surface area contributed by atoms with Crippen LogP contribution in [0.3, 0.4) is 0 Å². The Morgan fingerprint density at radius 1 is 1.24 bits per heavy atom. The van der Waals surface area contributed by atoms with Gasteiger partial charge in [0.15, 0.2) is 0 Å². The first-order valence-electron chi connectivity index (χ1n) is 10.9. The van der Waals surface area contributed by atoms with Crippen molar-refractivity contribution in [3.8, 4) is 5.75 Å². The Hall–Kier alpha value is -2.43. The number of aromatic hydroxyl groups is 1. The number of aromatic nitrogens is 2. The molecule has 2 saturated carbocycles. The highest BCUT2D eigenvalue weighted by molar-refractivity contribution is 5.93. The maximum Gasteiger partial charge on any atom is 0.115 e. The minimum atomic E-state index is 0.177. The molecule has 0 spiro atoms. The highest BCUT2D eigenvalue weighted by Crippen LogP contribution is 2.60. The van der Waals surface area contributed by atoms with Crippen LogP contribution in [0.5, 0.6) is 5.75 Å². The quantitative estimate of drug-likeness (QED) is 0.593. The van der Waals surface area contributed by atoms with Crippen molar-refractivity contribution in [2.24, 2.45) is 34.5 Å². The van der Waals surface area contributed by atoms with Crippen LogP contribution in [0.1, 0.15) is 67.3 Å². The second-order valence-corrected chi connectivity index (χ2v) is 9.43. The number of benzene rings is 1. The Balaban J connectivity index is 1.39. The van der Waals surface area contributed by atoms with Crippen LogP contribution in [-0.2, 0) is 13.5 Å². The number of rotatable bonds is 2. The molecule has 5 rings (SSSR count). The molecule has 0 unspecified atom stereocenters. The second-order valence-electron chi connectivity index (χ2n) is 9.43. The van der Waals surface area contributed by atoms with E-state index in [0.717, 1.165) is 30.0 Å². The molecule has 1 aromatic carbocycles. The predicted octanol–water partition coefficient (Wildman–Crippen LogP) is 4.77. The lowest BCUT2D eigenvalue weighted by molar-refractivity contribution is 0.0955. The lowest BCUT2D eigenvalue weighted by atomic mass is 9.55. The van der Waals surface area contributed by atoms with Gasteiger partial charge >= 0.3 is 0 Å². The molecule has 29 heavy (non-hydrogen) atoms. The molecule has 0 bridgehead atoms. The first kappa shape index (κ1) is 18.6. The molecule has 0 aliphatic heterocycles. The molecule has 2 fully saturated rings. The Morgan fingerprint density at radius 2 is 2.10 bits per heavy atom. The minimum absolute atomic E-state index is 0.177. The van der Waals surface area contributed by atoms with E-state index in [4.69, 9.17) is 5.10 Å². The van der Waals surface area contributed by atoms with E-state index in [1.807, 2.05) is 43.2 Å². The molecular formula is C24H30N4O. The van der Waals surface area contributed by atoms with Gasteiger partial charge in [0.25, 0.3) is 0 Å². The summed E-state index contributed by atoms with van der Waals surface area (Å²) in [7, 11) is 1.93. The van der Waals surface area contributed by atoms with E-state index in [1.165, 1.54) is 42.5 Å². The third-order valence-corrected chi connectivity index (χ3v) is 7.88. The van der Waals surface area contributed by atoms with Crippen molar-refractivity contribution in [2.75, 3.05) is 0 Å². The molecule has 0 radical (unpaired) electrons. The lowest BCUT2D eigenvalue weighted by Gasteiger charge is -2.49. The van der Waals surface area contributed by atoms with Gasteiger partial charge in [0.05, 0.1) is 11.9 Å². The number of nitrogens with zero attached hydrogens (tertiary/aromatic N) is 4. The largest absolute Gasteiger partial charge is 0.508 e. The molecule has 5 heteroatoms. The van der Waals surface area contributed by atoms with Crippen LogP contribution < -0.4 is 0 Å². The van der Waals surface area contributed by atoms with E-state index in [2.05, 4.69) is 23.2 Å². The van der Waals surface area contributed by atoms with Crippen molar-refractivity contribution in [3.05, 3.63) is 46.8 Å². The Bertz CT molecular complexity index is 1000. The summed E-state index contributed by atoms with van der Waals surface area (Å²) < 4.78 is 1.82. The fraction of sp³-hybridized carbons (Fsp3) is 0.542. The maximum absolute atomic E-state index is 9.86. The number of aryl methyl sites for hydroxylation is 3. The minimum Gasteiger partial charge on any atom is -0.508 e. The zero-order valence-corrected chi connectivity index (χ0v) is 17.6. The Morgan fingerprint density at radius 3 is 2.90 bits per heavy atom. The van der Waals surface area contributed by atoms with E-state index in [9.17, 15) is 5.11 Å². The first-order chi connectivity index (χ1) is 14.0. The SMILES string of the molecule is Cc1nn(C)cc1/C=N\N=C1\CC[C@H]2[C@H]3CCc4cc(O)ccc4[C@H]3CC[C@]12C. The van der Waals surface area contributed by atoms with Gasteiger partial charge < -0.3 is 5.11 Å². The molecular weight excluding hydrogens is 360 g/mol. The van der Waals surface area contributed by atoms with Crippen LogP contribution >= 0.6 is 0 Å². The van der Waals surface area contributed by atoms with Crippen LogP contribution in [0.25, 0.3) is 0 Å². The Kier molecular flexibility index (Phi) is 4.37. The summed E-state index contributed by atoms with van der Waals surface area (Å²) in [5.74, 6) is 2.46. The molecule has 2 aromatic rings. The van der Waals surface area contributed by atoms with Gasteiger partial charge in [0.2, 0.25) is 0 Å². The third-order valence-electron chi connectivity index (χ3n) is 7.88. The van der Waals surface area contributed by atoms with Crippen LogP contribution in [0.15, 0.2) is 34.6 Å². The van der Waals surface area contributed by atoms with Crippen molar-refractivity contribution in [1.29, 1.82) is 0 Å². The molecule has 0 saturated heterocycles. The normalized spacial score (nSPS) is 32.4. The molecule has 3 aliphatic carbocycles. The van der Waals surface area contributed by atoms with E-state index < -0.39 is 0 Å². The summed E-state index contributed by atoms with van der Waals surface area (Å²) in [6.45, 7) is 4.43. The number of hydrogen-bond donors (Lipinski definition) is 1. The van der Waals surface area contributed by atoms with Crippen molar-refractivity contribution < 1.29 is 5.11 Å². The van der Waals surface area contributed by atoms with Crippen LogP contribution in [0.2, 0.25) is 0 Å². The van der Waals surface area contributed by atoms with Gasteiger partial charge in [-0.1, -0.05) is 13.0 Å². The fourth-order valence-electron chi connectivity index (χ4n) is 6.43. The van der Waals surface area contributed by atoms with E-state index >= 15 is 0 Å². The molecule has 4 atom stereocenters. The molecule has 1 aromatic heterocycles. The van der Waals surface area contributed by atoms with Crippen molar-refractivity contribution in [2.45, 2.75) is 58.3 Å². The van der Waals surface area contributed by atoms with E-state index in [-0.39, 0.29) is 5.41 Å². The molecule has 152 valence electrons. The topological polar surface area (TPSA) is 62.8 Å². The van der Waals surface area contributed by atoms with Crippen molar-refractivity contribution in [1.82, 2.24) is 9.78 Å². The van der Waals surface area contributed by atoms with Crippen LogP contribution in [0, 0.1) is 24.2 Å². The van der Waals surface area contributed by atoms with Gasteiger partial charge in [0.1, 0.15) is 5.75 Å². The predicted molar refractivity (Wildman–Crippen MR) is 116 cm³/mol. The summed E-state index contributed by atoms with van der Waals surface area (Å²) in [5.41, 5.74) is 6.33. The summed E-state index contributed by atoms with van der Waals surface area (Å²) in [6.07, 6.45) is 10.8. The number of fused-ring (bicyclic) bond motifs is 5. The second kappa shape index (κ2) is 6.82. The maximum atomic E-state index is 9.86. The van der Waals surface area contributed by atoms with Gasteiger partial charge in [-0.2, -0.15) is 15.3 Å². The number of hydrogen-bond acceptors (Lipinski definition) is 4. The van der Waals surface area contributed by atoms with Crippen molar-refractivity contribution >= 4 is 11.9 Å². The van der Waals surface area contributed by atoms with E-state index in [0.29, 0.717) is 17.6 Å². The molecule has 3 aliphatic rings. The summed E-state index contributed by atoms with van der Waals surface area (Å²) in [5, 5.41) is 23.4. The standard InChI is InChI=1S/C24H30N4O/c1-15-17(14-28(3)27-15)13-25-26-23-9-8-22-21-6-4-16-12-18(29)5-7-19(16)20(21)10-11-24(22,23)2/h5,7,12-14,20-22,29H,4,6,8-11H2,1-3H3/b25-13-,26-23-/t20-,21+,22+,24+/m1/s1.